The van der Waals surface area contributed by atoms with Crippen LogP contribution in [0.3, 0.4) is 0 Å². The number of methoxy groups -OCH3 is 2. The number of fused-ring (bicyclic) bond motifs is 2. The first kappa shape index (κ1) is 31.1. The number of hydrogen-bond donors (Lipinski definition) is 0. The van der Waals surface area contributed by atoms with E-state index >= 15 is 0 Å². The van der Waals surface area contributed by atoms with Crippen molar-refractivity contribution in [2.45, 2.75) is 113 Å². The molecule has 8 aliphatic rings. The molecule has 6 aliphatic heterocycles. The van der Waals surface area contributed by atoms with Gasteiger partial charge >= 0.3 is 0 Å². The highest BCUT2D eigenvalue weighted by Crippen LogP contribution is 2.61. The fraction of sp³-hybridized carbons (Fsp3) is 0.632. The molecule has 10 nitrogen and oxygen atoms in total. The summed E-state index contributed by atoms with van der Waals surface area (Å²) in [6, 6.07) is 15.7. The molecule has 256 valence electrons. The Morgan fingerprint density at radius 3 is 1.46 bits per heavy atom. The molecule has 12 atom stereocenters. The number of carbonyl (C=O) groups is 2. The zero-order valence-electron chi connectivity index (χ0n) is 27.5. The maximum absolute atomic E-state index is 12.5. The Kier molecular flexibility index (Phi) is 7.71. The van der Waals surface area contributed by atoms with Crippen molar-refractivity contribution in [3.8, 4) is 11.5 Å². The highest BCUT2D eigenvalue weighted by atomic mass is 16.7. The van der Waals surface area contributed by atoms with E-state index in [-0.39, 0.29) is 72.2 Å². The van der Waals surface area contributed by atoms with Crippen LogP contribution in [0.5, 0.6) is 11.5 Å². The summed E-state index contributed by atoms with van der Waals surface area (Å²) in [6.07, 6.45) is 6.24. The van der Waals surface area contributed by atoms with Crippen LogP contribution in [-0.4, -0.2) is 74.0 Å². The second-order valence-electron chi connectivity index (χ2n) is 14.8. The number of benzene rings is 2. The zero-order valence-corrected chi connectivity index (χ0v) is 27.5. The molecule has 2 saturated carbocycles. The minimum atomic E-state index is -0.517. The minimum absolute atomic E-state index is 0.0360. The van der Waals surface area contributed by atoms with E-state index in [9.17, 15) is 9.59 Å². The molecule has 4 bridgehead atoms. The third-order valence-corrected chi connectivity index (χ3v) is 12.5. The van der Waals surface area contributed by atoms with Crippen molar-refractivity contribution in [1.82, 2.24) is 0 Å². The number of rotatable bonds is 8. The Hall–Kier alpha value is -2.86. The third kappa shape index (κ3) is 4.74. The topological polar surface area (TPSA) is 108 Å². The molecule has 0 amide bonds. The summed E-state index contributed by atoms with van der Waals surface area (Å²) in [5.41, 5.74) is 1.14. The average Bonchev–Trinajstić information content (AvgIpc) is 3.92. The zero-order chi connectivity index (χ0) is 32.6. The van der Waals surface area contributed by atoms with E-state index in [1.54, 1.807) is 14.2 Å². The molecular weight excluding hydrogens is 616 g/mol. The van der Waals surface area contributed by atoms with Gasteiger partial charge in [-0.05, 0) is 73.9 Å². The summed E-state index contributed by atoms with van der Waals surface area (Å²) >= 11 is 0. The van der Waals surface area contributed by atoms with E-state index in [1.807, 2.05) is 48.5 Å². The van der Waals surface area contributed by atoms with E-state index in [4.69, 9.17) is 37.9 Å². The molecule has 48 heavy (non-hydrogen) atoms. The first-order valence-corrected chi connectivity index (χ1v) is 17.6. The van der Waals surface area contributed by atoms with Gasteiger partial charge in [0.1, 0.15) is 22.7 Å². The van der Waals surface area contributed by atoms with E-state index in [2.05, 4.69) is 0 Å². The highest BCUT2D eigenvalue weighted by molar-refractivity contribution is 5.91. The predicted molar refractivity (Wildman–Crippen MR) is 169 cm³/mol. The standard InChI is InChI=1S/2C19H22O5/c2*1-21-12-6-4-11(5-7-12)10-22-18-16-13-3-2-8-19(13)15(20)9-14(23-18)17(16)24-19/h2*4-7,13-14,16-18H,2-3,8-10H2,1H3/t2*13-,14+,16-,17-,18-,19-/m00/s1. The second-order valence-corrected chi connectivity index (χ2v) is 14.8. The molecular formula is C38H44O10. The van der Waals surface area contributed by atoms with Crippen molar-refractivity contribution in [3.05, 3.63) is 59.7 Å². The monoisotopic (exact) mass is 660 g/mol. The van der Waals surface area contributed by atoms with Crippen molar-refractivity contribution < 1.29 is 47.5 Å². The molecule has 2 aromatic rings. The average molecular weight is 661 g/mol. The maximum atomic E-state index is 12.5. The predicted octanol–water partition coefficient (Wildman–Crippen LogP) is 4.93. The molecule has 0 aromatic heterocycles. The Labute approximate surface area is 280 Å². The van der Waals surface area contributed by atoms with Crippen LogP contribution in [0.2, 0.25) is 0 Å². The van der Waals surface area contributed by atoms with Crippen molar-refractivity contribution >= 4 is 11.6 Å². The van der Waals surface area contributed by atoms with Gasteiger partial charge in [0.05, 0.1) is 51.8 Å². The van der Waals surface area contributed by atoms with Crippen LogP contribution in [0, 0.1) is 23.7 Å². The van der Waals surface area contributed by atoms with Gasteiger partial charge in [0.25, 0.3) is 0 Å². The lowest BCUT2D eigenvalue weighted by atomic mass is 9.81. The van der Waals surface area contributed by atoms with Crippen LogP contribution in [-0.2, 0) is 51.2 Å². The number of ether oxygens (including phenoxy) is 8. The van der Waals surface area contributed by atoms with Gasteiger partial charge in [0.2, 0.25) is 0 Å². The van der Waals surface area contributed by atoms with Gasteiger partial charge in [-0.15, -0.1) is 0 Å². The van der Waals surface area contributed by atoms with Gasteiger partial charge in [-0.25, -0.2) is 0 Å². The number of carbonyl (C=O) groups excluding carboxylic acids is 2. The number of ketones is 2. The second kappa shape index (κ2) is 11.9. The van der Waals surface area contributed by atoms with E-state index in [1.165, 1.54) is 0 Å². The molecule has 6 heterocycles. The molecule has 0 N–H and O–H groups in total. The van der Waals surface area contributed by atoms with Gasteiger partial charge in [0, 0.05) is 36.5 Å². The summed E-state index contributed by atoms with van der Waals surface area (Å²) in [5.74, 6) is 3.11. The summed E-state index contributed by atoms with van der Waals surface area (Å²) in [4.78, 5) is 25.1. The van der Waals surface area contributed by atoms with Crippen LogP contribution >= 0.6 is 0 Å². The highest BCUT2D eigenvalue weighted by Gasteiger charge is 2.72. The van der Waals surface area contributed by atoms with Gasteiger partial charge < -0.3 is 37.9 Å². The minimum Gasteiger partial charge on any atom is -0.497 e. The Morgan fingerprint density at radius 2 is 1.06 bits per heavy atom. The van der Waals surface area contributed by atoms with Crippen LogP contribution in [0.25, 0.3) is 0 Å². The van der Waals surface area contributed by atoms with E-state index in [0.29, 0.717) is 26.1 Å². The quantitative estimate of drug-likeness (QED) is 0.387. The van der Waals surface area contributed by atoms with Crippen molar-refractivity contribution in [3.63, 3.8) is 0 Å². The summed E-state index contributed by atoms with van der Waals surface area (Å²) < 4.78 is 47.2. The number of Topliss-reactive ketones (excluding diaryl/α,β-unsaturated/α-hetero) is 2. The molecule has 2 aromatic carbocycles. The maximum Gasteiger partial charge on any atom is 0.167 e. The van der Waals surface area contributed by atoms with Gasteiger partial charge in [-0.3, -0.25) is 9.59 Å². The van der Waals surface area contributed by atoms with Gasteiger partial charge in [-0.1, -0.05) is 24.3 Å². The summed E-state index contributed by atoms with van der Waals surface area (Å²) in [7, 11) is 3.32. The van der Waals surface area contributed by atoms with E-state index in [0.717, 1.165) is 61.2 Å². The van der Waals surface area contributed by atoms with Crippen LogP contribution < -0.4 is 9.47 Å². The lowest BCUT2D eigenvalue weighted by Gasteiger charge is -2.36. The molecule has 2 spiro atoms. The molecule has 0 unspecified atom stereocenters. The van der Waals surface area contributed by atoms with Crippen LogP contribution in [0.4, 0.5) is 0 Å². The molecule has 10 rings (SSSR count). The van der Waals surface area contributed by atoms with Crippen molar-refractivity contribution in [1.29, 1.82) is 0 Å². The first-order valence-electron chi connectivity index (χ1n) is 17.6. The van der Waals surface area contributed by atoms with E-state index < -0.39 is 11.2 Å². The lowest BCUT2D eigenvalue weighted by molar-refractivity contribution is -0.198. The number of hydrogen-bond acceptors (Lipinski definition) is 10. The van der Waals surface area contributed by atoms with Crippen molar-refractivity contribution in [2.24, 2.45) is 23.7 Å². The molecule has 0 radical (unpaired) electrons. The fourth-order valence-corrected chi connectivity index (χ4v) is 10.4. The molecule has 10 heteroatoms. The SMILES string of the molecule is COc1ccc(CO[C@H]2O[C@@H]3CC(=O)[C@]45CCC[C@H]4[C@H]2[C@H]3O5)cc1.COc1ccc(CO[C@H]2O[C@@H]3CC(=O)[C@]45CCC[C@H]4[C@H]2[C@H]3O5)cc1. The van der Waals surface area contributed by atoms with Crippen molar-refractivity contribution in [2.75, 3.05) is 14.2 Å². The normalized spacial score (nSPS) is 42.4. The third-order valence-electron chi connectivity index (χ3n) is 12.5. The Bertz CT molecular complexity index is 1430. The lowest BCUT2D eigenvalue weighted by Crippen LogP contribution is -2.49. The van der Waals surface area contributed by atoms with Gasteiger partial charge in [0.15, 0.2) is 24.1 Å². The summed E-state index contributed by atoms with van der Waals surface area (Å²) in [6.45, 7) is 0.997. The smallest absolute Gasteiger partial charge is 0.167 e. The Morgan fingerprint density at radius 1 is 0.646 bits per heavy atom. The van der Waals surface area contributed by atoms with Gasteiger partial charge in [-0.2, -0.15) is 0 Å². The molecule has 8 fully saturated rings. The Balaban J connectivity index is 0.000000131. The van der Waals surface area contributed by atoms with Crippen LogP contribution in [0.15, 0.2) is 48.5 Å². The van der Waals surface area contributed by atoms with Crippen LogP contribution in [0.1, 0.15) is 62.5 Å². The molecule has 2 aliphatic carbocycles. The fourth-order valence-electron chi connectivity index (χ4n) is 10.4. The molecule has 6 saturated heterocycles. The first-order chi connectivity index (χ1) is 23.4. The largest absolute Gasteiger partial charge is 0.497 e. The summed E-state index contributed by atoms with van der Waals surface area (Å²) in [5, 5.41) is 0.